The van der Waals surface area contributed by atoms with Gasteiger partial charge in [0.1, 0.15) is 4.90 Å². The SMILES string of the molecule is O=C(C1CCN(S(=O)(=O)c2cccnc2)CC1)N1CCC[C@H](C(F)(F)F)C1. The number of rotatable bonds is 3. The molecule has 1 atom stereocenters. The number of carbonyl (C=O) groups is 1. The summed E-state index contributed by atoms with van der Waals surface area (Å²) in [5.41, 5.74) is 0. The summed E-state index contributed by atoms with van der Waals surface area (Å²) in [4.78, 5) is 17.9. The minimum atomic E-state index is -4.29. The molecule has 0 spiro atoms. The molecule has 27 heavy (non-hydrogen) atoms. The number of amides is 1. The van der Waals surface area contributed by atoms with Crippen LogP contribution in [-0.2, 0) is 14.8 Å². The van der Waals surface area contributed by atoms with E-state index in [1.807, 2.05) is 0 Å². The molecule has 2 aliphatic rings. The number of aromatic nitrogens is 1. The molecule has 0 unspecified atom stereocenters. The summed E-state index contributed by atoms with van der Waals surface area (Å²) < 4.78 is 65.3. The number of likely N-dealkylation sites (tertiary alicyclic amines) is 1. The molecule has 0 aromatic carbocycles. The zero-order valence-electron chi connectivity index (χ0n) is 14.7. The number of hydrogen-bond donors (Lipinski definition) is 0. The van der Waals surface area contributed by atoms with Gasteiger partial charge in [-0.1, -0.05) is 0 Å². The average Bonchev–Trinajstić information content (AvgIpc) is 2.67. The van der Waals surface area contributed by atoms with E-state index in [2.05, 4.69) is 4.98 Å². The second-order valence-electron chi connectivity index (χ2n) is 7.03. The molecule has 0 aliphatic carbocycles. The first kappa shape index (κ1) is 20.1. The molecule has 150 valence electrons. The monoisotopic (exact) mass is 405 g/mol. The highest BCUT2D eigenvalue weighted by atomic mass is 32.2. The van der Waals surface area contributed by atoms with Crippen LogP contribution in [0.3, 0.4) is 0 Å². The van der Waals surface area contributed by atoms with Crippen molar-refractivity contribution < 1.29 is 26.4 Å². The van der Waals surface area contributed by atoms with E-state index in [1.54, 1.807) is 0 Å². The molecule has 1 amide bonds. The van der Waals surface area contributed by atoms with Crippen LogP contribution in [0.15, 0.2) is 29.4 Å². The van der Waals surface area contributed by atoms with Crippen LogP contribution in [0.4, 0.5) is 13.2 Å². The molecule has 0 radical (unpaired) electrons. The fourth-order valence-corrected chi connectivity index (χ4v) is 5.13. The van der Waals surface area contributed by atoms with E-state index in [0.717, 1.165) is 0 Å². The predicted molar refractivity (Wildman–Crippen MR) is 91.1 cm³/mol. The Hall–Kier alpha value is -1.68. The van der Waals surface area contributed by atoms with Gasteiger partial charge in [0.15, 0.2) is 0 Å². The van der Waals surface area contributed by atoms with Crippen molar-refractivity contribution in [2.75, 3.05) is 26.2 Å². The van der Waals surface area contributed by atoms with E-state index in [9.17, 15) is 26.4 Å². The molecule has 2 saturated heterocycles. The van der Waals surface area contributed by atoms with Gasteiger partial charge in [-0.15, -0.1) is 0 Å². The van der Waals surface area contributed by atoms with Crippen molar-refractivity contribution in [2.45, 2.75) is 36.8 Å². The molecule has 1 aromatic heterocycles. The maximum absolute atomic E-state index is 12.9. The minimum Gasteiger partial charge on any atom is -0.342 e. The van der Waals surface area contributed by atoms with Crippen LogP contribution in [0, 0.1) is 11.8 Å². The van der Waals surface area contributed by atoms with E-state index >= 15 is 0 Å². The third kappa shape index (κ3) is 4.43. The van der Waals surface area contributed by atoms with Crippen LogP contribution in [0.2, 0.25) is 0 Å². The molecule has 6 nitrogen and oxygen atoms in total. The first-order valence-electron chi connectivity index (χ1n) is 8.95. The highest BCUT2D eigenvalue weighted by molar-refractivity contribution is 7.89. The Balaban J connectivity index is 1.60. The van der Waals surface area contributed by atoms with Gasteiger partial charge < -0.3 is 4.90 Å². The molecule has 2 fully saturated rings. The van der Waals surface area contributed by atoms with Crippen LogP contribution in [0.5, 0.6) is 0 Å². The molecule has 0 saturated carbocycles. The number of pyridine rings is 1. The van der Waals surface area contributed by atoms with Gasteiger partial charge in [0.05, 0.1) is 5.92 Å². The summed E-state index contributed by atoms with van der Waals surface area (Å²) in [5, 5.41) is 0. The molecule has 0 N–H and O–H groups in total. The summed E-state index contributed by atoms with van der Waals surface area (Å²) in [5.74, 6) is -2.19. The fraction of sp³-hybridized carbons (Fsp3) is 0.647. The van der Waals surface area contributed by atoms with Crippen LogP contribution in [0.25, 0.3) is 0 Å². The van der Waals surface area contributed by atoms with Crippen molar-refractivity contribution in [2.24, 2.45) is 11.8 Å². The van der Waals surface area contributed by atoms with E-state index in [-0.39, 0.29) is 36.9 Å². The minimum absolute atomic E-state index is 0.0507. The lowest BCUT2D eigenvalue weighted by atomic mass is 9.92. The zero-order chi connectivity index (χ0) is 19.7. The number of halogens is 3. The lowest BCUT2D eigenvalue weighted by Crippen LogP contribution is -2.49. The Morgan fingerprint density at radius 2 is 1.85 bits per heavy atom. The second kappa shape index (κ2) is 7.75. The van der Waals surface area contributed by atoms with Gasteiger partial charge in [-0.3, -0.25) is 9.78 Å². The summed E-state index contributed by atoms with van der Waals surface area (Å²) in [6, 6.07) is 3.00. The van der Waals surface area contributed by atoms with Crippen LogP contribution >= 0.6 is 0 Å². The van der Waals surface area contributed by atoms with E-state index in [0.29, 0.717) is 25.8 Å². The van der Waals surface area contributed by atoms with Gasteiger partial charge in [0.2, 0.25) is 15.9 Å². The lowest BCUT2D eigenvalue weighted by Gasteiger charge is -2.38. The maximum atomic E-state index is 12.9. The quantitative estimate of drug-likeness (QED) is 0.774. The van der Waals surface area contributed by atoms with Gasteiger partial charge in [0, 0.05) is 44.5 Å². The Bertz CT molecular complexity index is 763. The Morgan fingerprint density at radius 1 is 1.15 bits per heavy atom. The summed E-state index contributed by atoms with van der Waals surface area (Å²) in [7, 11) is -3.67. The topological polar surface area (TPSA) is 70.6 Å². The van der Waals surface area contributed by atoms with Crippen molar-refractivity contribution in [1.29, 1.82) is 0 Å². The van der Waals surface area contributed by atoms with Gasteiger partial charge in [-0.25, -0.2) is 8.42 Å². The lowest BCUT2D eigenvalue weighted by molar-refractivity contribution is -0.188. The smallest absolute Gasteiger partial charge is 0.342 e. The molecule has 10 heteroatoms. The fourth-order valence-electron chi connectivity index (χ4n) is 3.69. The number of carbonyl (C=O) groups excluding carboxylic acids is 1. The third-order valence-corrected chi connectivity index (χ3v) is 7.15. The molecular weight excluding hydrogens is 383 g/mol. The summed E-state index contributed by atoms with van der Waals surface area (Å²) in [6.07, 6.45) is -0.523. The molecule has 3 rings (SSSR count). The Morgan fingerprint density at radius 3 is 2.44 bits per heavy atom. The summed E-state index contributed by atoms with van der Waals surface area (Å²) in [6.45, 7) is 0.379. The zero-order valence-corrected chi connectivity index (χ0v) is 15.5. The Labute approximate surface area is 156 Å². The van der Waals surface area contributed by atoms with Gasteiger partial charge >= 0.3 is 6.18 Å². The predicted octanol–water partition coefficient (Wildman–Crippen LogP) is 2.28. The highest BCUT2D eigenvalue weighted by Gasteiger charge is 2.44. The van der Waals surface area contributed by atoms with Crippen molar-refractivity contribution in [3.05, 3.63) is 24.5 Å². The highest BCUT2D eigenvalue weighted by Crippen LogP contribution is 2.34. The van der Waals surface area contributed by atoms with Crippen LogP contribution < -0.4 is 0 Å². The van der Waals surface area contributed by atoms with E-state index < -0.39 is 28.0 Å². The van der Waals surface area contributed by atoms with Crippen molar-refractivity contribution in [1.82, 2.24) is 14.2 Å². The van der Waals surface area contributed by atoms with Crippen LogP contribution in [-0.4, -0.2) is 60.9 Å². The van der Waals surface area contributed by atoms with E-state index in [1.165, 1.54) is 33.7 Å². The van der Waals surface area contributed by atoms with Crippen molar-refractivity contribution in [3.63, 3.8) is 0 Å². The largest absolute Gasteiger partial charge is 0.393 e. The molecule has 1 aromatic rings. The van der Waals surface area contributed by atoms with Gasteiger partial charge in [0.25, 0.3) is 0 Å². The molecule has 2 aliphatic heterocycles. The maximum Gasteiger partial charge on any atom is 0.393 e. The number of hydrogen-bond acceptors (Lipinski definition) is 4. The average molecular weight is 405 g/mol. The van der Waals surface area contributed by atoms with E-state index in [4.69, 9.17) is 0 Å². The van der Waals surface area contributed by atoms with Crippen molar-refractivity contribution >= 4 is 15.9 Å². The number of sulfonamides is 1. The first-order valence-corrected chi connectivity index (χ1v) is 10.4. The third-order valence-electron chi connectivity index (χ3n) is 5.27. The first-order chi connectivity index (χ1) is 12.7. The molecule has 0 bridgehead atoms. The standard InChI is InChI=1S/C17H22F3N3O3S/c18-17(19,20)14-3-2-8-22(12-14)16(24)13-5-9-23(10-6-13)27(25,26)15-4-1-7-21-11-15/h1,4,7,11,13-14H,2-3,5-6,8-10,12H2/t14-/m0/s1. The summed E-state index contributed by atoms with van der Waals surface area (Å²) >= 11 is 0. The normalized spacial score (nSPS) is 23.4. The van der Waals surface area contributed by atoms with Crippen LogP contribution in [0.1, 0.15) is 25.7 Å². The number of piperidine rings is 2. The Kier molecular flexibility index (Phi) is 5.76. The second-order valence-corrected chi connectivity index (χ2v) is 8.97. The molecular formula is C17H22F3N3O3S. The van der Waals surface area contributed by atoms with Gasteiger partial charge in [-0.2, -0.15) is 17.5 Å². The van der Waals surface area contributed by atoms with Crippen molar-refractivity contribution in [3.8, 4) is 0 Å². The van der Waals surface area contributed by atoms with Gasteiger partial charge in [-0.05, 0) is 37.8 Å². The molecule has 3 heterocycles. The number of alkyl halides is 3. The number of nitrogens with zero attached hydrogens (tertiary/aromatic N) is 3.